The highest BCUT2D eigenvalue weighted by Crippen LogP contribution is 2.25. The van der Waals surface area contributed by atoms with Crippen LogP contribution in [-0.4, -0.2) is 29.2 Å². The number of hydrogen-bond donors (Lipinski definition) is 2. The molecule has 2 N–H and O–H groups in total. The number of carbonyl (C=O) groups excluding carboxylic acids is 2. The van der Waals surface area contributed by atoms with Crippen LogP contribution in [0.3, 0.4) is 0 Å². The van der Waals surface area contributed by atoms with Gasteiger partial charge in [-0.15, -0.1) is 0 Å². The molecule has 0 spiro atoms. The van der Waals surface area contributed by atoms with Crippen molar-refractivity contribution in [2.45, 2.75) is 32.7 Å². The highest BCUT2D eigenvalue weighted by molar-refractivity contribution is 7.99. The van der Waals surface area contributed by atoms with Gasteiger partial charge >= 0.3 is 6.03 Å². The van der Waals surface area contributed by atoms with Crippen molar-refractivity contribution >= 4 is 34.6 Å². The van der Waals surface area contributed by atoms with E-state index in [1.54, 1.807) is 0 Å². The minimum atomic E-state index is -0.451. The van der Waals surface area contributed by atoms with Crippen LogP contribution in [0.1, 0.15) is 25.0 Å². The zero-order chi connectivity index (χ0) is 17.7. The van der Waals surface area contributed by atoms with E-state index in [1.807, 2.05) is 52.0 Å². The summed E-state index contributed by atoms with van der Waals surface area (Å²) in [4.78, 5) is 28.1. The summed E-state index contributed by atoms with van der Waals surface area (Å²) in [6.07, 6.45) is 0. The SMILES string of the molecule is Cc1cc(SCC(=O)NC(=O)NCC(C)C)nc2c(C)cccc12. The van der Waals surface area contributed by atoms with Gasteiger partial charge in [-0.05, 0) is 37.0 Å². The first kappa shape index (κ1) is 18.3. The van der Waals surface area contributed by atoms with Gasteiger partial charge in [-0.3, -0.25) is 10.1 Å². The maximum atomic E-state index is 11.9. The molecule has 3 amide bonds. The summed E-state index contributed by atoms with van der Waals surface area (Å²) >= 11 is 1.33. The summed E-state index contributed by atoms with van der Waals surface area (Å²) < 4.78 is 0. The van der Waals surface area contributed by atoms with Crippen LogP contribution in [0, 0.1) is 19.8 Å². The molecule has 24 heavy (non-hydrogen) atoms. The Morgan fingerprint density at radius 2 is 1.96 bits per heavy atom. The molecule has 1 aromatic carbocycles. The number of amides is 3. The molecular weight excluding hydrogens is 322 g/mol. The molecule has 0 bridgehead atoms. The summed E-state index contributed by atoms with van der Waals surface area (Å²) in [5.74, 6) is 0.165. The fourth-order valence-corrected chi connectivity index (χ4v) is 3.02. The smallest absolute Gasteiger partial charge is 0.321 e. The van der Waals surface area contributed by atoms with Crippen molar-refractivity contribution in [3.8, 4) is 0 Å². The molecule has 0 saturated carbocycles. The van der Waals surface area contributed by atoms with E-state index in [9.17, 15) is 9.59 Å². The van der Waals surface area contributed by atoms with Crippen molar-refractivity contribution < 1.29 is 9.59 Å². The lowest BCUT2D eigenvalue weighted by Gasteiger charge is -2.09. The second-order valence-corrected chi connectivity index (χ2v) is 7.18. The lowest BCUT2D eigenvalue weighted by molar-refractivity contribution is -0.117. The second-order valence-electron chi connectivity index (χ2n) is 6.19. The first-order valence-corrected chi connectivity index (χ1v) is 8.93. The van der Waals surface area contributed by atoms with E-state index >= 15 is 0 Å². The third-order valence-corrected chi connectivity index (χ3v) is 4.41. The van der Waals surface area contributed by atoms with E-state index in [-0.39, 0.29) is 11.7 Å². The number of pyridine rings is 1. The van der Waals surface area contributed by atoms with E-state index in [4.69, 9.17) is 0 Å². The topological polar surface area (TPSA) is 71.1 Å². The zero-order valence-electron chi connectivity index (χ0n) is 14.5. The van der Waals surface area contributed by atoms with Crippen molar-refractivity contribution in [3.05, 3.63) is 35.4 Å². The summed E-state index contributed by atoms with van der Waals surface area (Å²) in [6, 6.07) is 7.61. The van der Waals surface area contributed by atoms with E-state index in [2.05, 4.69) is 15.6 Å². The number of imide groups is 1. The van der Waals surface area contributed by atoms with Crippen molar-refractivity contribution in [3.63, 3.8) is 0 Å². The third kappa shape index (κ3) is 4.96. The molecule has 6 heteroatoms. The zero-order valence-corrected chi connectivity index (χ0v) is 15.3. The van der Waals surface area contributed by atoms with Crippen LogP contribution in [0.15, 0.2) is 29.3 Å². The molecule has 0 fully saturated rings. The van der Waals surface area contributed by atoms with Gasteiger partial charge in [0.1, 0.15) is 0 Å². The van der Waals surface area contributed by atoms with E-state index in [0.29, 0.717) is 12.5 Å². The predicted octanol–water partition coefficient (Wildman–Crippen LogP) is 3.43. The van der Waals surface area contributed by atoms with E-state index in [0.717, 1.165) is 27.1 Å². The summed E-state index contributed by atoms with van der Waals surface area (Å²) in [7, 11) is 0. The van der Waals surface area contributed by atoms with Gasteiger partial charge in [-0.2, -0.15) is 0 Å². The molecule has 0 aliphatic rings. The van der Waals surface area contributed by atoms with Gasteiger partial charge in [-0.25, -0.2) is 9.78 Å². The molecule has 0 atom stereocenters. The maximum absolute atomic E-state index is 11.9. The number of aromatic nitrogens is 1. The normalized spacial score (nSPS) is 10.9. The molecule has 0 unspecified atom stereocenters. The molecule has 1 aromatic heterocycles. The van der Waals surface area contributed by atoms with Gasteiger partial charge in [0.15, 0.2) is 0 Å². The van der Waals surface area contributed by atoms with Crippen LogP contribution in [0.5, 0.6) is 0 Å². The number of carbonyl (C=O) groups is 2. The average Bonchev–Trinajstić information content (AvgIpc) is 2.52. The lowest BCUT2D eigenvalue weighted by atomic mass is 10.1. The minimum Gasteiger partial charge on any atom is -0.338 e. The number of hydrogen-bond acceptors (Lipinski definition) is 4. The number of para-hydroxylation sites is 1. The van der Waals surface area contributed by atoms with Crippen LogP contribution < -0.4 is 10.6 Å². The van der Waals surface area contributed by atoms with Gasteiger partial charge in [0.05, 0.1) is 16.3 Å². The Bertz CT molecular complexity index is 759. The van der Waals surface area contributed by atoms with Crippen LogP contribution in [-0.2, 0) is 4.79 Å². The highest BCUT2D eigenvalue weighted by Gasteiger charge is 2.10. The van der Waals surface area contributed by atoms with E-state index in [1.165, 1.54) is 11.8 Å². The van der Waals surface area contributed by atoms with Crippen LogP contribution in [0.25, 0.3) is 10.9 Å². The number of benzene rings is 1. The minimum absolute atomic E-state index is 0.152. The molecule has 0 saturated heterocycles. The number of fused-ring (bicyclic) bond motifs is 1. The molecule has 0 aliphatic carbocycles. The molecule has 128 valence electrons. The van der Waals surface area contributed by atoms with Crippen molar-refractivity contribution in [2.24, 2.45) is 5.92 Å². The molecule has 1 heterocycles. The first-order chi connectivity index (χ1) is 11.4. The number of rotatable bonds is 5. The van der Waals surface area contributed by atoms with Gasteiger partial charge in [0, 0.05) is 11.9 Å². The fraction of sp³-hybridized carbons (Fsp3) is 0.389. The molecule has 0 aliphatic heterocycles. The Morgan fingerprint density at radius 1 is 1.21 bits per heavy atom. The highest BCUT2D eigenvalue weighted by atomic mass is 32.2. The number of nitrogens with zero attached hydrogens (tertiary/aromatic N) is 1. The maximum Gasteiger partial charge on any atom is 0.321 e. The third-order valence-electron chi connectivity index (χ3n) is 3.50. The Morgan fingerprint density at radius 3 is 2.67 bits per heavy atom. The Kier molecular flexibility index (Phi) is 6.20. The number of thioether (sulfide) groups is 1. The Hall–Kier alpha value is -2.08. The molecule has 5 nitrogen and oxygen atoms in total. The van der Waals surface area contributed by atoms with Gasteiger partial charge < -0.3 is 5.32 Å². The largest absolute Gasteiger partial charge is 0.338 e. The fourth-order valence-electron chi connectivity index (χ4n) is 2.25. The van der Waals surface area contributed by atoms with Crippen molar-refractivity contribution in [1.29, 1.82) is 0 Å². The Labute approximate surface area is 146 Å². The standard InChI is InChI=1S/C18H23N3O2S/c1-11(2)9-19-18(23)20-15(22)10-24-16-8-13(4)14-7-5-6-12(3)17(14)21-16/h5-8,11H,9-10H2,1-4H3,(H2,19,20,22,23). The van der Waals surface area contributed by atoms with Gasteiger partial charge in [0.25, 0.3) is 0 Å². The lowest BCUT2D eigenvalue weighted by Crippen LogP contribution is -2.41. The van der Waals surface area contributed by atoms with Crippen LogP contribution >= 0.6 is 11.8 Å². The predicted molar refractivity (Wildman–Crippen MR) is 98.3 cm³/mol. The number of nitrogens with one attached hydrogen (secondary N) is 2. The quantitative estimate of drug-likeness (QED) is 0.815. The molecule has 2 rings (SSSR count). The van der Waals surface area contributed by atoms with Crippen LogP contribution in [0.4, 0.5) is 4.79 Å². The average molecular weight is 345 g/mol. The van der Waals surface area contributed by atoms with E-state index < -0.39 is 6.03 Å². The van der Waals surface area contributed by atoms with Crippen LogP contribution in [0.2, 0.25) is 0 Å². The monoisotopic (exact) mass is 345 g/mol. The first-order valence-electron chi connectivity index (χ1n) is 7.94. The number of urea groups is 1. The van der Waals surface area contributed by atoms with Crippen molar-refractivity contribution in [2.75, 3.05) is 12.3 Å². The number of aryl methyl sites for hydroxylation is 2. The van der Waals surface area contributed by atoms with Gasteiger partial charge in [-0.1, -0.05) is 43.8 Å². The van der Waals surface area contributed by atoms with Gasteiger partial charge in [0.2, 0.25) is 5.91 Å². The summed E-state index contributed by atoms with van der Waals surface area (Å²) in [5.41, 5.74) is 3.19. The molecule has 2 aromatic rings. The molecular formula is C18H23N3O2S. The summed E-state index contributed by atoms with van der Waals surface area (Å²) in [5, 5.41) is 6.89. The molecule has 0 radical (unpaired) electrons. The Balaban J connectivity index is 1.97. The van der Waals surface area contributed by atoms with Crippen molar-refractivity contribution in [1.82, 2.24) is 15.6 Å². The second kappa shape index (κ2) is 8.15. The summed E-state index contributed by atoms with van der Waals surface area (Å²) in [6.45, 7) is 8.58.